The molecule has 2 nitrogen and oxygen atoms in total. The first kappa shape index (κ1) is 15.0. The number of hydrogen-bond donors (Lipinski definition) is 1. The number of thiophene rings is 1. The third kappa shape index (κ3) is 3.39. The van der Waals surface area contributed by atoms with Gasteiger partial charge < -0.3 is 5.73 Å². The molecule has 3 atom stereocenters. The molecule has 2 N–H and O–H groups in total. The van der Waals surface area contributed by atoms with Gasteiger partial charge in [-0.25, -0.2) is 0 Å². The molecule has 0 radical (unpaired) electrons. The van der Waals surface area contributed by atoms with Crippen molar-refractivity contribution in [3.8, 4) is 0 Å². The summed E-state index contributed by atoms with van der Waals surface area (Å²) in [5.74, 6) is 0.687. The summed E-state index contributed by atoms with van der Waals surface area (Å²) >= 11 is 1.97. The van der Waals surface area contributed by atoms with Crippen molar-refractivity contribution >= 4 is 11.3 Å². The standard InChI is InChI=1S/C16H28N2S/c1-4-14-9-10-16(19-14)12(2)18(3)15-8-6-5-7-13(15)11-17/h9-10,12-13,15H,4-8,11,17H2,1-3H3. The maximum absolute atomic E-state index is 5.97. The van der Waals surface area contributed by atoms with E-state index in [1.54, 1.807) is 0 Å². The predicted molar refractivity (Wildman–Crippen MR) is 84.7 cm³/mol. The number of hydrogen-bond acceptors (Lipinski definition) is 3. The number of nitrogens with two attached hydrogens (primary N) is 1. The fourth-order valence-electron chi connectivity index (χ4n) is 3.30. The fraction of sp³-hybridized carbons (Fsp3) is 0.750. The molecule has 0 bridgehead atoms. The Bertz CT molecular complexity index is 388. The SMILES string of the molecule is CCc1ccc(C(C)N(C)C2CCCCC2CN)s1. The molecular formula is C16H28N2S. The maximum Gasteiger partial charge on any atom is 0.0413 e. The fourth-order valence-corrected chi connectivity index (χ4v) is 4.35. The lowest BCUT2D eigenvalue weighted by Gasteiger charge is -2.40. The molecule has 108 valence electrons. The first-order chi connectivity index (χ1) is 9.17. The van der Waals surface area contributed by atoms with Crippen LogP contribution >= 0.6 is 11.3 Å². The van der Waals surface area contributed by atoms with Crippen molar-refractivity contribution in [2.45, 2.75) is 58.0 Å². The van der Waals surface area contributed by atoms with Crippen molar-refractivity contribution in [2.24, 2.45) is 11.7 Å². The molecule has 2 rings (SSSR count). The van der Waals surface area contributed by atoms with Crippen LogP contribution in [0.5, 0.6) is 0 Å². The van der Waals surface area contributed by atoms with Crippen LogP contribution in [-0.2, 0) is 6.42 Å². The van der Waals surface area contributed by atoms with Crippen LogP contribution in [0.3, 0.4) is 0 Å². The van der Waals surface area contributed by atoms with E-state index in [0.717, 1.165) is 13.0 Å². The van der Waals surface area contributed by atoms with Crippen molar-refractivity contribution < 1.29 is 0 Å². The summed E-state index contributed by atoms with van der Waals surface area (Å²) in [7, 11) is 2.29. The lowest BCUT2D eigenvalue weighted by atomic mass is 9.83. The molecule has 0 amide bonds. The Kier molecular flexibility index (Phi) is 5.43. The Hall–Kier alpha value is -0.380. The van der Waals surface area contributed by atoms with Crippen molar-refractivity contribution in [1.82, 2.24) is 4.90 Å². The quantitative estimate of drug-likeness (QED) is 0.888. The lowest BCUT2D eigenvalue weighted by molar-refractivity contribution is 0.100. The van der Waals surface area contributed by atoms with E-state index in [-0.39, 0.29) is 0 Å². The molecular weight excluding hydrogens is 252 g/mol. The Balaban J connectivity index is 2.06. The molecule has 1 heterocycles. The normalized spacial score (nSPS) is 25.7. The van der Waals surface area contributed by atoms with Gasteiger partial charge in [-0.3, -0.25) is 4.90 Å². The van der Waals surface area contributed by atoms with Crippen molar-refractivity contribution in [3.05, 3.63) is 21.9 Å². The molecule has 19 heavy (non-hydrogen) atoms. The van der Waals surface area contributed by atoms with Crippen LogP contribution in [0.25, 0.3) is 0 Å². The Morgan fingerprint density at radius 2 is 2.11 bits per heavy atom. The summed E-state index contributed by atoms with van der Waals surface area (Å²) in [6.07, 6.45) is 6.50. The van der Waals surface area contributed by atoms with E-state index in [9.17, 15) is 0 Å². The van der Waals surface area contributed by atoms with Crippen LogP contribution in [0.2, 0.25) is 0 Å². The minimum absolute atomic E-state index is 0.516. The second kappa shape index (κ2) is 6.87. The van der Waals surface area contributed by atoms with Crippen LogP contribution in [-0.4, -0.2) is 24.5 Å². The Morgan fingerprint density at radius 3 is 2.74 bits per heavy atom. The summed E-state index contributed by atoms with van der Waals surface area (Å²) < 4.78 is 0. The monoisotopic (exact) mass is 280 g/mol. The van der Waals surface area contributed by atoms with Crippen LogP contribution < -0.4 is 5.73 Å². The molecule has 0 aliphatic heterocycles. The predicted octanol–water partition coefficient (Wildman–Crippen LogP) is 3.82. The summed E-state index contributed by atoms with van der Waals surface area (Å²) in [5.41, 5.74) is 5.97. The van der Waals surface area contributed by atoms with Crippen LogP contribution in [0, 0.1) is 5.92 Å². The van der Waals surface area contributed by atoms with Crippen LogP contribution in [0.4, 0.5) is 0 Å². The largest absolute Gasteiger partial charge is 0.330 e. The summed E-state index contributed by atoms with van der Waals surface area (Å²) in [4.78, 5) is 5.57. The molecule has 1 aromatic rings. The third-order valence-corrected chi connectivity index (χ3v) is 6.15. The molecule has 1 aliphatic rings. The highest BCUT2D eigenvalue weighted by Crippen LogP contribution is 2.34. The highest BCUT2D eigenvalue weighted by Gasteiger charge is 2.30. The smallest absolute Gasteiger partial charge is 0.0413 e. The van der Waals surface area contributed by atoms with Crippen molar-refractivity contribution in [3.63, 3.8) is 0 Å². The van der Waals surface area contributed by atoms with Crippen LogP contribution in [0.15, 0.2) is 12.1 Å². The number of rotatable bonds is 5. The zero-order chi connectivity index (χ0) is 13.8. The highest BCUT2D eigenvalue weighted by atomic mass is 32.1. The minimum atomic E-state index is 0.516. The molecule has 1 fully saturated rings. The highest BCUT2D eigenvalue weighted by molar-refractivity contribution is 7.12. The molecule has 1 saturated carbocycles. The van der Waals surface area contributed by atoms with Gasteiger partial charge in [0.15, 0.2) is 0 Å². The molecule has 3 unspecified atom stereocenters. The van der Waals surface area contributed by atoms with E-state index in [0.29, 0.717) is 18.0 Å². The molecule has 1 aliphatic carbocycles. The van der Waals surface area contributed by atoms with Gasteiger partial charge in [-0.15, -0.1) is 11.3 Å². The van der Waals surface area contributed by atoms with Crippen LogP contribution in [0.1, 0.15) is 55.3 Å². The zero-order valence-corrected chi connectivity index (χ0v) is 13.4. The summed E-state index contributed by atoms with van der Waals surface area (Å²) in [6.45, 7) is 5.41. The average Bonchev–Trinajstić information content (AvgIpc) is 2.94. The van der Waals surface area contributed by atoms with E-state index in [2.05, 4.69) is 37.9 Å². The van der Waals surface area contributed by atoms with Gasteiger partial charge in [0.05, 0.1) is 0 Å². The number of nitrogens with zero attached hydrogens (tertiary/aromatic N) is 1. The second-order valence-electron chi connectivity index (χ2n) is 5.85. The van der Waals surface area contributed by atoms with E-state index >= 15 is 0 Å². The van der Waals surface area contributed by atoms with Gasteiger partial charge in [-0.05, 0) is 57.8 Å². The summed E-state index contributed by atoms with van der Waals surface area (Å²) in [6, 6.07) is 5.78. The third-order valence-electron chi connectivity index (χ3n) is 4.75. The number of aryl methyl sites for hydroxylation is 1. The Morgan fingerprint density at radius 1 is 1.37 bits per heavy atom. The molecule has 0 spiro atoms. The first-order valence-corrected chi connectivity index (χ1v) is 8.49. The van der Waals surface area contributed by atoms with Crippen molar-refractivity contribution in [1.29, 1.82) is 0 Å². The second-order valence-corrected chi connectivity index (χ2v) is 7.05. The van der Waals surface area contributed by atoms with E-state index < -0.39 is 0 Å². The van der Waals surface area contributed by atoms with E-state index in [1.165, 1.54) is 35.4 Å². The van der Waals surface area contributed by atoms with E-state index in [1.807, 2.05) is 11.3 Å². The van der Waals surface area contributed by atoms with Gasteiger partial charge >= 0.3 is 0 Å². The zero-order valence-electron chi connectivity index (χ0n) is 12.6. The average molecular weight is 280 g/mol. The van der Waals surface area contributed by atoms with Gasteiger partial charge in [0, 0.05) is 21.8 Å². The summed E-state index contributed by atoms with van der Waals surface area (Å²) in [5, 5.41) is 0. The maximum atomic E-state index is 5.97. The molecule has 0 aromatic carbocycles. The van der Waals surface area contributed by atoms with Gasteiger partial charge in [0.1, 0.15) is 0 Å². The van der Waals surface area contributed by atoms with Gasteiger partial charge in [0.2, 0.25) is 0 Å². The van der Waals surface area contributed by atoms with Gasteiger partial charge in [-0.2, -0.15) is 0 Å². The topological polar surface area (TPSA) is 29.3 Å². The lowest BCUT2D eigenvalue weighted by Crippen LogP contribution is -2.43. The molecule has 1 aromatic heterocycles. The van der Waals surface area contributed by atoms with E-state index in [4.69, 9.17) is 5.73 Å². The molecule has 0 saturated heterocycles. The minimum Gasteiger partial charge on any atom is -0.330 e. The van der Waals surface area contributed by atoms with Gasteiger partial charge in [0.25, 0.3) is 0 Å². The Labute approximate surface area is 122 Å². The first-order valence-electron chi connectivity index (χ1n) is 7.68. The van der Waals surface area contributed by atoms with Crippen molar-refractivity contribution in [2.75, 3.05) is 13.6 Å². The van der Waals surface area contributed by atoms with Gasteiger partial charge in [-0.1, -0.05) is 19.8 Å². The molecule has 3 heteroatoms.